The summed E-state index contributed by atoms with van der Waals surface area (Å²) in [6.45, 7) is 12.2. The fourth-order valence-electron chi connectivity index (χ4n) is 7.44. The van der Waals surface area contributed by atoms with Crippen LogP contribution in [-0.2, 0) is 23.7 Å². The van der Waals surface area contributed by atoms with Crippen LogP contribution < -0.4 is 0 Å². The molecule has 0 aromatic carbocycles. The molecule has 8 nitrogen and oxygen atoms in total. The van der Waals surface area contributed by atoms with E-state index < -0.39 is 47.7 Å². The molecule has 11 atom stereocenters. The van der Waals surface area contributed by atoms with E-state index >= 15 is 0 Å². The lowest BCUT2D eigenvalue weighted by Gasteiger charge is -2.50. The first-order valence-electron chi connectivity index (χ1n) is 15.3. The van der Waals surface area contributed by atoms with Crippen molar-refractivity contribution in [2.75, 3.05) is 6.61 Å². The lowest BCUT2D eigenvalue weighted by atomic mass is 9.71. The van der Waals surface area contributed by atoms with Crippen molar-refractivity contribution in [1.82, 2.24) is 0 Å². The van der Waals surface area contributed by atoms with Crippen LogP contribution in [0.25, 0.3) is 0 Å². The van der Waals surface area contributed by atoms with Crippen molar-refractivity contribution in [2.45, 2.75) is 122 Å². The molecule has 228 valence electrons. The molecule has 1 aliphatic carbocycles. The van der Waals surface area contributed by atoms with Crippen molar-refractivity contribution < 1.29 is 39.1 Å². The van der Waals surface area contributed by atoms with E-state index in [0.717, 1.165) is 12.0 Å². The van der Waals surface area contributed by atoms with E-state index in [4.69, 9.17) is 18.9 Å². The van der Waals surface area contributed by atoms with E-state index in [-0.39, 0.29) is 24.7 Å². The van der Waals surface area contributed by atoms with Crippen LogP contribution >= 0.6 is 0 Å². The molecule has 5 rings (SSSR count). The van der Waals surface area contributed by atoms with Crippen LogP contribution in [0.4, 0.5) is 0 Å². The topological polar surface area (TPSA) is 115 Å². The number of hydrogen-bond donors (Lipinski definition) is 3. The van der Waals surface area contributed by atoms with Crippen molar-refractivity contribution in [2.24, 2.45) is 23.7 Å². The molecule has 0 aromatic rings. The molecule has 3 fully saturated rings. The van der Waals surface area contributed by atoms with Crippen LogP contribution in [0.3, 0.4) is 0 Å². The second kappa shape index (κ2) is 11.7. The van der Waals surface area contributed by atoms with Crippen LogP contribution in [-0.4, -0.2) is 75.9 Å². The summed E-state index contributed by atoms with van der Waals surface area (Å²) in [5.74, 6) is -1.94. The van der Waals surface area contributed by atoms with E-state index in [2.05, 4.69) is 20.8 Å². The maximum Gasteiger partial charge on any atom is 0.316 e. The lowest BCUT2D eigenvalue weighted by molar-refractivity contribution is -0.340. The summed E-state index contributed by atoms with van der Waals surface area (Å²) in [6.07, 6.45) is 8.69. The molecule has 3 N–H and O–H groups in total. The molecule has 0 aromatic heterocycles. The summed E-state index contributed by atoms with van der Waals surface area (Å²) in [7, 11) is 0. The Balaban J connectivity index is 1.53. The Hall–Kier alpha value is -1.81. The molecule has 5 aliphatic rings. The predicted molar refractivity (Wildman–Crippen MR) is 154 cm³/mol. The maximum atomic E-state index is 13.9. The van der Waals surface area contributed by atoms with Crippen LogP contribution in [0.2, 0.25) is 0 Å². The Morgan fingerprint density at radius 1 is 1.05 bits per heavy atom. The van der Waals surface area contributed by atoms with Crippen molar-refractivity contribution in [3.8, 4) is 0 Å². The van der Waals surface area contributed by atoms with E-state index in [9.17, 15) is 20.1 Å². The minimum Gasteiger partial charge on any atom is -0.462 e. The zero-order valence-electron chi connectivity index (χ0n) is 25.3. The first-order valence-corrected chi connectivity index (χ1v) is 15.3. The first-order chi connectivity index (χ1) is 19.3. The third-order valence-corrected chi connectivity index (χ3v) is 9.93. The highest BCUT2D eigenvalue weighted by molar-refractivity contribution is 5.78. The molecule has 4 heterocycles. The summed E-state index contributed by atoms with van der Waals surface area (Å²) in [6, 6.07) is 0. The Bertz CT molecular complexity index is 1120. The van der Waals surface area contributed by atoms with Crippen molar-refractivity contribution >= 4 is 5.97 Å². The molecular formula is C33H48O8. The van der Waals surface area contributed by atoms with Crippen LogP contribution in [0.5, 0.6) is 0 Å². The number of esters is 1. The smallest absolute Gasteiger partial charge is 0.316 e. The van der Waals surface area contributed by atoms with Crippen molar-refractivity contribution in [1.29, 1.82) is 0 Å². The average Bonchev–Trinajstić information content (AvgIpc) is 3.26. The number of rotatable bonds is 1. The van der Waals surface area contributed by atoms with Gasteiger partial charge in [0.1, 0.15) is 29.8 Å². The summed E-state index contributed by atoms with van der Waals surface area (Å²) < 4.78 is 25.5. The van der Waals surface area contributed by atoms with Gasteiger partial charge < -0.3 is 34.3 Å². The number of allylic oxidation sites excluding steroid dienone is 2. The summed E-state index contributed by atoms with van der Waals surface area (Å²) in [4.78, 5) is 13.9. The molecule has 0 radical (unpaired) electrons. The number of aliphatic hydroxyl groups is 3. The predicted octanol–water partition coefficient (Wildman–Crippen LogP) is 4.14. The van der Waals surface area contributed by atoms with Gasteiger partial charge in [0.05, 0.1) is 24.9 Å². The van der Waals surface area contributed by atoms with Crippen LogP contribution in [0.1, 0.15) is 73.6 Å². The minimum atomic E-state index is -1.75. The van der Waals surface area contributed by atoms with E-state index in [1.165, 1.54) is 0 Å². The molecule has 4 aliphatic heterocycles. The van der Waals surface area contributed by atoms with Gasteiger partial charge in [-0.1, -0.05) is 58.1 Å². The number of hydrogen-bond acceptors (Lipinski definition) is 8. The quantitative estimate of drug-likeness (QED) is 0.317. The monoisotopic (exact) mass is 572 g/mol. The number of carbonyl (C=O) groups excluding carboxylic acids is 1. The Labute approximate surface area is 244 Å². The molecule has 1 spiro atoms. The number of carbonyl (C=O) groups is 1. The number of fused-ring (bicyclic) bond motifs is 2. The first kappa shape index (κ1) is 30.6. The SMILES string of the molecule is CC1=CC2C(=O)OC3C[C@@H](C/C=C(\C)[C@@H](O)[C@@H](C)/C=C/C=C4\CO[C@H](C1O)[C@@]42O)O[C@@]1(CC[C@H](C)C(C(C)C)O1)C3. The van der Waals surface area contributed by atoms with Gasteiger partial charge in [-0.25, -0.2) is 0 Å². The molecule has 4 unspecified atom stereocenters. The van der Waals surface area contributed by atoms with Gasteiger partial charge in [0.2, 0.25) is 0 Å². The van der Waals surface area contributed by atoms with E-state index in [1.807, 2.05) is 26.0 Å². The lowest BCUT2D eigenvalue weighted by Crippen LogP contribution is -2.58. The zero-order valence-corrected chi connectivity index (χ0v) is 25.3. The second-order valence-corrected chi connectivity index (χ2v) is 13.4. The van der Waals surface area contributed by atoms with Gasteiger partial charge in [-0.2, -0.15) is 0 Å². The van der Waals surface area contributed by atoms with Gasteiger partial charge >= 0.3 is 5.97 Å². The molecule has 8 heteroatoms. The fourth-order valence-corrected chi connectivity index (χ4v) is 7.44. The standard InChI is InChI=1S/C33H48O8/c1-18(2)29-21(5)12-13-32(41-29)16-25-15-24(40-32)11-10-20(4)27(34)19(3)8-7-9-23-17-38-30-28(35)22(6)14-26(31(36)39-25)33(23,30)37/h7-10,14,18-19,21,24-30,34-35,37H,11-13,15-17H2,1-6H3/b8-7+,20-10+,23-9+/t19-,21-,24+,25?,26?,27-,28?,29?,30+,32+,33+/m0/s1. The van der Waals surface area contributed by atoms with E-state index in [1.54, 1.807) is 25.2 Å². The molecule has 0 saturated carbocycles. The maximum absolute atomic E-state index is 13.9. The summed E-state index contributed by atoms with van der Waals surface area (Å²) in [5, 5.41) is 34.0. The van der Waals surface area contributed by atoms with Crippen molar-refractivity contribution in [3.05, 3.63) is 47.1 Å². The van der Waals surface area contributed by atoms with E-state index in [0.29, 0.717) is 48.7 Å². The number of aliphatic hydroxyl groups excluding tert-OH is 2. The third kappa shape index (κ3) is 5.76. The summed E-state index contributed by atoms with van der Waals surface area (Å²) >= 11 is 0. The zero-order chi connectivity index (χ0) is 29.7. The van der Waals surface area contributed by atoms with Gasteiger partial charge in [-0.05, 0) is 55.2 Å². The second-order valence-electron chi connectivity index (χ2n) is 13.4. The van der Waals surface area contributed by atoms with Crippen LogP contribution in [0.15, 0.2) is 47.1 Å². The largest absolute Gasteiger partial charge is 0.462 e. The Morgan fingerprint density at radius 3 is 2.54 bits per heavy atom. The molecular weight excluding hydrogens is 524 g/mol. The average molecular weight is 573 g/mol. The van der Waals surface area contributed by atoms with Crippen molar-refractivity contribution in [3.63, 3.8) is 0 Å². The molecule has 3 saturated heterocycles. The fraction of sp³-hybridized carbons (Fsp3) is 0.727. The Kier molecular flexibility index (Phi) is 8.74. The van der Waals surface area contributed by atoms with Gasteiger partial charge in [0, 0.05) is 25.2 Å². The van der Waals surface area contributed by atoms with Gasteiger partial charge in [-0.3, -0.25) is 4.79 Å². The highest BCUT2D eigenvalue weighted by Crippen LogP contribution is 2.47. The Morgan fingerprint density at radius 2 is 1.80 bits per heavy atom. The number of ether oxygens (including phenoxy) is 4. The summed E-state index contributed by atoms with van der Waals surface area (Å²) in [5.41, 5.74) is 0.152. The van der Waals surface area contributed by atoms with Crippen LogP contribution in [0, 0.1) is 23.7 Å². The van der Waals surface area contributed by atoms with Gasteiger partial charge in [-0.15, -0.1) is 0 Å². The molecule has 0 amide bonds. The van der Waals surface area contributed by atoms with Gasteiger partial charge in [0.25, 0.3) is 0 Å². The highest BCUT2D eigenvalue weighted by atomic mass is 16.7. The molecule has 41 heavy (non-hydrogen) atoms. The van der Waals surface area contributed by atoms with Gasteiger partial charge in [0.15, 0.2) is 5.79 Å². The normalized spacial score (nSPS) is 48.9. The molecule has 2 bridgehead atoms. The highest BCUT2D eigenvalue weighted by Gasteiger charge is 2.60. The third-order valence-electron chi connectivity index (χ3n) is 9.93. The minimum absolute atomic E-state index is 0.0265.